The molecule has 0 N–H and O–H groups in total. The first-order valence-corrected chi connectivity index (χ1v) is 10.4. The fourth-order valence-corrected chi connectivity index (χ4v) is 2.99. The van der Waals surface area contributed by atoms with E-state index in [1.165, 1.54) is 20.5 Å². The lowest BCUT2D eigenvalue weighted by atomic mass is 10.1. The Labute approximate surface area is 192 Å². The summed E-state index contributed by atoms with van der Waals surface area (Å²) in [6.07, 6.45) is 1.30. The van der Waals surface area contributed by atoms with Crippen molar-refractivity contribution in [3.63, 3.8) is 0 Å². The minimum Gasteiger partial charge on any atom is -0.503 e. The van der Waals surface area contributed by atoms with Gasteiger partial charge in [-0.15, -0.1) is 4.98 Å². The van der Waals surface area contributed by atoms with Crippen molar-refractivity contribution >= 4 is 17.5 Å². The lowest BCUT2D eigenvalue weighted by Gasteiger charge is -2.19. The molecule has 0 atom stereocenters. The summed E-state index contributed by atoms with van der Waals surface area (Å²) in [6, 6.07) is 16.3. The summed E-state index contributed by atoms with van der Waals surface area (Å²) in [4.78, 5) is 27.5. The van der Waals surface area contributed by atoms with E-state index in [-0.39, 0.29) is 17.6 Å². The Hall–Kier alpha value is -4.14. The van der Waals surface area contributed by atoms with Crippen molar-refractivity contribution in [3.05, 3.63) is 66.4 Å². The molecule has 1 heterocycles. The average Bonchev–Trinajstić information content (AvgIpc) is 2.84. The van der Waals surface area contributed by atoms with Gasteiger partial charge in [-0.2, -0.15) is 9.97 Å². The highest BCUT2D eigenvalue weighted by atomic mass is 16.5. The number of hydrogen-bond acceptors (Lipinski definition) is 9. The van der Waals surface area contributed by atoms with Gasteiger partial charge in [-0.1, -0.05) is 36.4 Å². The number of carbonyl (C=O) groups excluding carboxylic acids is 1. The van der Waals surface area contributed by atoms with Crippen LogP contribution in [-0.2, 0) is 14.3 Å². The summed E-state index contributed by atoms with van der Waals surface area (Å²) in [7, 11) is 2.74. The third kappa shape index (κ3) is 5.97. The smallest absolute Gasteiger partial charge is 0.341 e. The number of carbonyl (C=O) groups is 1. The maximum atomic E-state index is 12.3. The normalized spacial score (nSPS) is 11.0. The monoisotopic (exact) mass is 450 g/mol. The Balaban J connectivity index is 2.03. The zero-order chi connectivity index (χ0) is 23.6. The number of methoxy groups -OCH3 is 2. The van der Waals surface area contributed by atoms with Crippen LogP contribution in [-0.4, -0.2) is 48.2 Å². The molecule has 0 amide bonds. The molecular formula is C24H26N4O5. The Kier molecular flexibility index (Phi) is 8.18. The summed E-state index contributed by atoms with van der Waals surface area (Å²) < 4.78 is 21.8. The van der Waals surface area contributed by atoms with Crippen molar-refractivity contribution in [1.29, 1.82) is 0 Å². The second-order valence-electron chi connectivity index (χ2n) is 6.64. The van der Waals surface area contributed by atoms with Gasteiger partial charge in [-0.3, -0.25) is 0 Å². The molecule has 0 aliphatic carbocycles. The maximum Gasteiger partial charge on any atom is 0.341 e. The van der Waals surface area contributed by atoms with Gasteiger partial charge < -0.3 is 23.8 Å². The molecular weight excluding hydrogens is 424 g/mol. The highest BCUT2D eigenvalue weighted by Crippen LogP contribution is 2.31. The number of nitrogens with zero attached hydrogens (tertiary/aromatic N) is 4. The molecule has 0 radical (unpaired) electrons. The quantitative estimate of drug-likeness (QED) is 0.252. The first kappa shape index (κ1) is 23.5. The van der Waals surface area contributed by atoms with Gasteiger partial charge in [0, 0.05) is 18.7 Å². The van der Waals surface area contributed by atoms with E-state index in [1.807, 2.05) is 36.9 Å². The van der Waals surface area contributed by atoms with Crippen LogP contribution in [0.5, 0.6) is 23.5 Å². The summed E-state index contributed by atoms with van der Waals surface area (Å²) in [6.45, 7) is 5.37. The van der Waals surface area contributed by atoms with E-state index < -0.39 is 5.97 Å². The maximum absolute atomic E-state index is 12.3. The van der Waals surface area contributed by atoms with Gasteiger partial charge in [0.15, 0.2) is 0 Å². The van der Waals surface area contributed by atoms with Crippen molar-refractivity contribution in [2.75, 3.05) is 32.2 Å². The molecule has 9 heteroatoms. The molecule has 3 aromatic rings. The molecule has 0 bridgehead atoms. The first-order chi connectivity index (χ1) is 16.1. The summed E-state index contributed by atoms with van der Waals surface area (Å²) in [5, 5.41) is 0. The Morgan fingerprint density at radius 3 is 2.15 bits per heavy atom. The largest absolute Gasteiger partial charge is 0.503 e. The van der Waals surface area contributed by atoms with Crippen LogP contribution in [0.2, 0.25) is 0 Å². The fourth-order valence-electron chi connectivity index (χ4n) is 2.99. The minimum absolute atomic E-state index is 0.0203. The Bertz CT molecular complexity index is 1100. The van der Waals surface area contributed by atoms with E-state index in [2.05, 4.69) is 15.0 Å². The van der Waals surface area contributed by atoms with Crippen molar-refractivity contribution < 1.29 is 23.7 Å². The number of ether oxygens (including phenoxy) is 4. The van der Waals surface area contributed by atoms with Crippen molar-refractivity contribution in [1.82, 2.24) is 15.0 Å². The van der Waals surface area contributed by atoms with Crippen LogP contribution in [0.3, 0.4) is 0 Å². The second kappa shape index (κ2) is 11.5. The highest BCUT2D eigenvalue weighted by Gasteiger charge is 2.20. The first-order valence-electron chi connectivity index (χ1n) is 10.4. The van der Waals surface area contributed by atoms with Crippen LogP contribution < -0.4 is 14.4 Å². The van der Waals surface area contributed by atoms with E-state index in [1.54, 1.807) is 36.4 Å². The molecule has 0 aliphatic heterocycles. The molecule has 2 aromatic carbocycles. The van der Waals surface area contributed by atoms with E-state index in [9.17, 15) is 4.79 Å². The van der Waals surface area contributed by atoms with Crippen molar-refractivity contribution in [2.24, 2.45) is 0 Å². The molecule has 0 saturated carbocycles. The fraction of sp³-hybridized carbons (Fsp3) is 0.250. The molecule has 33 heavy (non-hydrogen) atoms. The Morgan fingerprint density at radius 2 is 1.52 bits per heavy atom. The molecule has 0 saturated heterocycles. The van der Waals surface area contributed by atoms with Crippen LogP contribution in [0, 0.1) is 0 Å². The minimum atomic E-state index is -0.569. The second-order valence-corrected chi connectivity index (χ2v) is 6.64. The zero-order valence-electron chi connectivity index (χ0n) is 19.0. The number of hydrogen-bond donors (Lipinski definition) is 0. The third-order valence-electron chi connectivity index (χ3n) is 4.60. The van der Waals surface area contributed by atoms with Gasteiger partial charge in [0.25, 0.3) is 0 Å². The summed E-state index contributed by atoms with van der Waals surface area (Å²) in [5.41, 5.74) is 0.649. The van der Waals surface area contributed by atoms with E-state index >= 15 is 0 Å². The number of para-hydroxylation sites is 2. The summed E-state index contributed by atoms with van der Waals surface area (Å²) >= 11 is 0. The molecule has 0 aliphatic rings. The SMILES string of the molecule is CCN(CC)c1nc(Oc2ccccc2)nc(Oc2ccccc2/C(=C\OC)C(=O)OC)n1. The summed E-state index contributed by atoms with van der Waals surface area (Å²) in [5.74, 6) is 0.764. The van der Waals surface area contributed by atoms with Crippen LogP contribution >= 0.6 is 0 Å². The zero-order valence-corrected chi connectivity index (χ0v) is 19.0. The van der Waals surface area contributed by atoms with Gasteiger partial charge in [0.05, 0.1) is 20.5 Å². The van der Waals surface area contributed by atoms with Gasteiger partial charge >= 0.3 is 18.0 Å². The van der Waals surface area contributed by atoms with E-state index in [4.69, 9.17) is 18.9 Å². The topological polar surface area (TPSA) is 95.9 Å². The van der Waals surface area contributed by atoms with Crippen molar-refractivity contribution in [3.8, 4) is 23.5 Å². The molecule has 0 fully saturated rings. The van der Waals surface area contributed by atoms with Crippen LogP contribution in [0.1, 0.15) is 19.4 Å². The van der Waals surface area contributed by atoms with Crippen molar-refractivity contribution in [2.45, 2.75) is 13.8 Å². The predicted octanol–water partition coefficient (Wildman–Crippen LogP) is 4.46. The third-order valence-corrected chi connectivity index (χ3v) is 4.60. The van der Waals surface area contributed by atoms with Crippen LogP contribution in [0.15, 0.2) is 60.9 Å². The number of benzene rings is 2. The number of anilines is 1. The number of rotatable bonds is 10. The van der Waals surface area contributed by atoms with E-state index in [0.29, 0.717) is 36.1 Å². The number of esters is 1. The standard InChI is InChI=1S/C24H26N4O5/c1-5-28(6-2)22-25-23(32-17-12-8-7-9-13-17)27-24(26-22)33-20-15-11-10-14-18(20)19(16-30-3)21(29)31-4/h7-16H,5-6H2,1-4H3/b19-16+. The van der Waals surface area contributed by atoms with Gasteiger partial charge in [-0.05, 0) is 32.0 Å². The average molecular weight is 450 g/mol. The van der Waals surface area contributed by atoms with Gasteiger partial charge in [0.2, 0.25) is 5.95 Å². The lowest BCUT2D eigenvalue weighted by molar-refractivity contribution is -0.133. The molecule has 9 nitrogen and oxygen atoms in total. The van der Waals surface area contributed by atoms with Gasteiger partial charge in [0.1, 0.15) is 17.1 Å². The van der Waals surface area contributed by atoms with E-state index in [0.717, 1.165) is 0 Å². The highest BCUT2D eigenvalue weighted by molar-refractivity contribution is 6.17. The number of aromatic nitrogens is 3. The molecule has 172 valence electrons. The Morgan fingerprint density at radius 1 is 0.879 bits per heavy atom. The lowest BCUT2D eigenvalue weighted by Crippen LogP contribution is -2.24. The molecule has 0 unspecified atom stereocenters. The van der Waals surface area contributed by atoms with Gasteiger partial charge in [-0.25, -0.2) is 4.79 Å². The molecule has 3 rings (SSSR count). The predicted molar refractivity (Wildman–Crippen MR) is 123 cm³/mol. The van der Waals surface area contributed by atoms with Crippen LogP contribution in [0.4, 0.5) is 5.95 Å². The van der Waals surface area contributed by atoms with Crippen LogP contribution in [0.25, 0.3) is 5.57 Å². The molecule has 0 spiro atoms. The molecule has 1 aromatic heterocycles.